The van der Waals surface area contributed by atoms with Crippen LogP contribution < -0.4 is 10.6 Å². The van der Waals surface area contributed by atoms with Crippen LogP contribution in [0.1, 0.15) is 13.3 Å². The number of phenolic OH excluding ortho intramolecular Hbond substituents is 1. The van der Waals surface area contributed by atoms with E-state index in [2.05, 4.69) is 4.98 Å². The molecule has 5 heteroatoms. The fraction of sp³-hybridized carbons (Fsp3) is 0.286. The molecule has 0 saturated heterocycles. The lowest BCUT2D eigenvalue weighted by atomic mass is 10.1. The van der Waals surface area contributed by atoms with Gasteiger partial charge in [-0.3, -0.25) is 0 Å². The molecule has 4 nitrogen and oxygen atoms in total. The number of rotatable bonds is 4. The number of nitrogens with zero attached hydrogens (tertiary/aromatic N) is 2. The van der Waals surface area contributed by atoms with Gasteiger partial charge in [0.25, 0.3) is 0 Å². The van der Waals surface area contributed by atoms with Gasteiger partial charge in [0.1, 0.15) is 11.6 Å². The number of nitrogens with two attached hydrogens (primary N) is 1. The third kappa shape index (κ3) is 2.93. The number of anilines is 1. The number of fused-ring (bicyclic) bond motifs is 1. The normalized spacial score (nSPS) is 12.3. The highest BCUT2D eigenvalue weighted by atomic mass is 32.1. The molecule has 0 bridgehead atoms. The minimum absolute atomic E-state index is 0.151. The van der Waals surface area contributed by atoms with Gasteiger partial charge >= 0.3 is 0 Å². The number of hydrogen-bond donors (Lipinski definition) is 2. The molecule has 0 aliphatic heterocycles. The minimum atomic E-state index is 0.151. The van der Waals surface area contributed by atoms with Crippen molar-refractivity contribution < 1.29 is 5.11 Å². The molecule has 100 valence electrons. The van der Waals surface area contributed by atoms with E-state index in [1.54, 1.807) is 18.3 Å². The van der Waals surface area contributed by atoms with Crippen molar-refractivity contribution in [3.8, 4) is 5.75 Å². The highest BCUT2D eigenvalue weighted by molar-refractivity contribution is 7.80. The highest BCUT2D eigenvalue weighted by Gasteiger charge is 2.15. The van der Waals surface area contributed by atoms with Crippen molar-refractivity contribution in [1.82, 2.24) is 4.98 Å². The van der Waals surface area contributed by atoms with Crippen molar-refractivity contribution in [2.75, 3.05) is 11.9 Å². The average Bonchev–Trinajstić information content (AvgIpc) is 2.36. The van der Waals surface area contributed by atoms with Crippen LogP contribution >= 0.6 is 12.2 Å². The van der Waals surface area contributed by atoms with E-state index in [1.807, 2.05) is 31.0 Å². The van der Waals surface area contributed by atoms with Crippen LogP contribution in [-0.2, 0) is 0 Å². The Morgan fingerprint density at radius 2 is 2.21 bits per heavy atom. The summed E-state index contributed by atoms with van der Waals surface area (Å²) in [6.07, 6.45) is 2.39. The maximum absolute atomic E-state index is 9.63. The van der Waals surface area contributed by atoms with E-state index in [1.165, 1.54) is 0 Å². The lowest BCUT2D eigenvalue weighted by Crippen LogP contribution is -2.33. The summed E-state index contributed by atoms with van der Waals surface area (Å²) in [5.41, 5.74) is 5.59. The van der Waals surface area contributed by atoms with Crippen LogP contribution in [0.25, 0.3) is 10.8 Å². The number of pyridine rings is 1. The second-order valence-electron chi connectivity index (χ2n) is 4.67. The third-order valence-corrected chi connectivity index (χ3v) is 3.39. The molecular formula is C14H17N3OS. The van der Waals surface area contributed by atoms with Crippen molar-refractivity contribution in [3.63, 3.8) is 0 Å². The molecular weight excluding hydrogens is 258 g/mol. The molecule has 3 N–H and O–H groups in total. The van der Waals surface area contributed by atoms with Gasteiger partial charge in [-0.25, -0.2) is 4.98 Å². The van der Waals surface area contributed by atoms with E-state index in [0.717, 1.165) is 16.6 Å². The molecule has 1 aromatic carbocycles. The topological polar surface area (TPSA) is 62.4 Å². The van der Waals surface area contributed by atoms with E-state index in [-0.39, 0.29) is 11.8 Å². The lowest BCUT2D eigenvalue weighted by Gasteiger charge is -2.26. The maximum atomic E-state index is 9.63. The molecule has 0 saturated carbocycles. The van der Waals surface area contributed by atoms with Crippen LogP contribution in [0.15, 0.2) is 30.5 Å². The van der Waals surface area contributed by atoms with Crippen molar-refractivity contribution in [2.45, 2.75) is 19.4 Å². The first-order valence-electron chi connectivity index (χ1n) is 6.08. The van der Waals surface area contributed by atoms with Gasteiger partial charge in [-0.1, -0.05) is 18.3 Å². The molecule has 0 amide bonds. The first-order valence-corrected chi connectivity index (χ1v) is 6.48. The van der Waals surface area contributed by atoms with Gasteiger partial charge in [0.2, 0.25) is 0 Å². The van der Waals surface area contributed by atoms with E-state index >= 15 is 0 Å². The van der Waals surface area contributed by atoms with Crippen molar-refractivity contribution >= 4 is 33.8 Å². The Hall–Kier alpha value is -1.88. The minimum Gasteiger partial charge on any atom is -0.508 e. The first kappa shape index (κ1) is 13.5. The molecule has 0 aliphatic carbocycles. The predicted octanol–water partition coefficient (Wildman–Crippen LogP) is 2.44. The second kappa shape index (κ2) is 5.40. The van der Waals surface area contributed by atoms with E-state index in [0.29, 0.717) is 11.4 Å². The average molecular weight is 275 g/mol. The van der Waals surface area contributed by atoms with Gasteiger partial charge in [-0.05, 0) is 30.5 Å². The monoisotopic (exact) mass is 275 g/mol. The smallest absolute Gasteiger partial charge is 0.136 e. The number of aromatic hydroxyl groups is 1. The summed E-state index contributed by atoms with van der Waals surface area (Å²) >= 11 is 4.95. The molecule has 0 spiro atoms. The van der Waals surface area contributed by atoms with E-state index in [9.17, 15) is 5.11 Å². The maximum Gasteiger partial charge on any atom is 0.136 e. The number of benzene rings is 1. The zero-order valence-corrected chi connectivity index (χ0v) is 11.8. The number of thiocarbonyl (C=S) groups is 1. The Kier molecular flexibility index (Phi) is 3.85. The zero-order chi connectivity index (χ0) is 14.0. The van der Waals surface area contributed by atoms with Gasteiger partial charge in [-0.2, -0.15) is 0 Å². The van der Waals surface area contributed by atoms with Gasteiger partial charge in [0.15, 0.2) is 0 Å². The molecule has 2 aromatic rings. The number of phenols is 1. The quantitative estimate of drug-likeness (QED) is 0.839. The van der Waals surface area contributed by atoms with Crippen molar-refractivity contribution in [2.24, 2.45) is 5.73 Å². The molecule has 19 heavy (non-hydrogen) atoms. The van der Waals surface area contributed by atoms with Gasteiger partial charge in [-0.15, -0.1) is 0 Å². The fourth-order valence-electron chi connectivity index (χ4n) is 2.06. The highest BCUT2D eigenvalue weighted by Crippen LogP contribution is 2.28. The molecule has 2 rings (SSSR count). The third-order valence-electron chi connectivity index (χ3n) is 3.22. The number of aromatic nitrogens is 1. The Morgan fingerprint density at radius 3 is 2.89 bits per heavy atom. The van der Waals surface area contributed by atoms with E-state index in [4.69, 9.17) is 18.0 Å². The van der Waals surface area contributed by atoms with Gasteiger partial charge in [0.05, 0.1) is 4.99 Å². The summed E-state index contributed by atoms with van der Waals surface area (Å²) in [6, 6.07) is 7.34. The first-order chi connectivity index (χ1) is 8.99. The SMILES string of the molecule is CC(CC(N)=S)N(C)c1nccc2ccc(O)cc12. The standard InChI is InChI=1S/C14H17N3OS/c1-9(7-13(15)19)17(2)14-12-8-11(18)4-3-10(12)5-6-16-14/h3-6,8-9,18H,7H2,1-2H3,(H2,15,19). The van der Waals surface area contributed by atoms with Gasteiger partial charge < -0.3 is 15.7 Å². The Labute approximate surface area is 117 Å². The summed E-state index contributed by atoms with van der Waals surface area (Å²) in [4.78, 5) is 6.92. The van der Waals surface area contributed by atoms with Crippen molar-refractivity contribution in [1.29, 1.82) is 0 Å². The van der Waals surface area contributed by atoms with Crippen LogP contribution in [0.2, 0.25) is 0 Å². The summed E-state index contributed by atoms with van der Waals surface area (Å²) < 4.78 is 0. The Balaban J connectivity index is 2.44. The zero-order valence-electron chi connectivity index (χ0n) is 11.0. The van der Waals surface area contributed by atoms with Crippen LogP contribution in [0.3, 0.4) is 0 Å². The fourth-order valence-corrected chi connectivity index (χ4v) is 2.30. The number of hydrogen-bond acceptors (Lipinski definition) is 4. The molecule has 1 unspecified atom stereocenters. The summed E-state index contributed by atoms with van der Waals surface area (Å²) in [5, 5.41) is 11.6. The van der Waals surface area contributed by atoms with Crippen LogP contribution in [-0.4, -0.2) is 28.2 Å². The molecule has 1 atom stereocenters. The largest absolute Gasteiger partial charge is 0.508 e. The summed E-state index contributed by atoms with van der Waals surface area (Å²) in [5.74, 6) is 1.05. The second-order valence-corrected chi connectivity index (χ2v) is 5.19. The van der Waals surface area contributed by atoms with Gasteiger partial charge in [0, 0.05) is 31.1 Å². The van der Waals surface area contributed by atoms with Crippen molar-refractivity contribution in [3.05, 3.63) is 30.5 Å². The summed E-state index contributed by atoms with van der Waals surface area (Å²) in [6.45, 7) is 2.04. The Morgan fingerprint density at radius 1 is 1.47 bits per heavy atom. The molecule has 1 aromatic heterocycles. The van der Waals surface area contributed by atoms with E-state index < -0.39 is 0 Å². The molecule has 0 fully saturated rings. The molecule has 0 aliphatic rings. The van der Waals surface area contributed by atoms with Crippen LogP contribution in [0.4, 0.5) is 5.82 Å². The predicted molar refractivity (Wildman–Crippen MR) is 82.7 cm³/mol. The lowest BCUT2D eigenvalue weighted by molar-refractivity contribution is 0.476. The Bertz CT molecular complexity index is 615. The summed E-state index contributed by atoms with van der Waals surface area (Å²) in [7, 11) is 1.95. The van der Waals surface area contributed by atoms with Crippen LogP contribution in [0.5, 0.6) is 5.75 Å². The molecule has 0 radical (unpaired) electrons. The van der Waals surface area contributed by atoms with Crippen LogP contribution in [0, 0.1) is 0 Å². The molecule has 1 heterocycles.